The Labute approximate surface area is 238 Å². The quantitative estimate of drug-likeness (QED) is 0.149. The lowest BCUT2D eigenvalue weighted by Gasteiger charge is -2.20. The molecule has 3 N–H and O–H groups in total. The lowest BCUT2D eigenvalue weighted by atomic mass is 9.98. The zero-order valence-electron chi connectivity index (χ0n) is 20.7. The van der Waals surface area contributed by atoms with Crippen LogP contribution < -0.4 is 10.0 Å². The lowest BCUT2D eigenvalue weighted by Crippen LogP contribution is -2.31. The van der Waals surface area contributed by atoms with E-state index in [4.69, 9.17) is 0 Å². The average molecular weight is 624 g/mol. The van der Waals surface area contributed by atoms with Crippen molar-refractivity contribution >= 4 is 49.2 Å². The standard InChI is InChI=1S/C28H22BrN3O7S/c29-21-10-15-25(31-40(38,39)23-13-11-22(12-14-23)32(36)37)24(16-21)28(35)30-26(17-27(33)34)20-8-6-19(7-9-20)18-4-2-1-3-5-18/h1-16,26,31H,17H2,(H,30,35)(H,33,34). The third-order valence-corrected chi connectivity index (χ3v) is 7.81. The molecular formula is C28H22BrN3O7S. The van der Waals surface area contributed by atoms with Gasteiger partial charge in [-0.1, -0.05) is 70.5 Å². The maximum atomic E-state index is 13.4. The van der Waals surface area contributed by atoms with Crippen LogP contribution in [0, 0.1) is 10.1 Å². The monoisotopic (exact) mass is 623 g/mol. The molecule has 4 rings (SSSR count). The zero-order valence-corrected chi connectivity index (χ0v) is 23.1. The smallest absolute Gasteiger partial charge is 0.305 e. The Morgan fingerprint density at radius 2 is 1.52 bits per heavy atom. The van der Waals surface area contributed by atoms with Gasteiger partial charge < -0.3 is 10.4 Å². The Bertz CT molecular complexity index is 1660. The summed E-state index contributed by atoms with van der Waals surface area (Å²) in [7, 11) is -4.22. The first-order chi connectivity index (χ1) is 19.0. The summed E-state index contributed by atoms with van der Waals surface area (Å²) < 4.78 is 28.8. The Hall–Kier alpha value is -4.55. The molecule has 12 heteroatoms. The number of aliphatic carboxylic acids is 1. The molecule has 10 nitrogen and oxygen atoms in total. The number of anilines is 1. The fourth-order valence-corrected chi connectivity index (χ4v) is 5.39. The van der Waals surface area contributed by atoms with E-state index in [-0.39, 0.29) is 21.8 Å². The lowest BCUT2D eigenvalue weighted by molar-refractivity contribution is -0.384. The number of hydrogen-bond donors (Lipinski definition) is 3. The van der Waals surface area contributed by atoms with Gasteiger partial charge in [-0.15, -0.1) is 0 Å². The van der Waals surface area contributed by atoms with E-state index in [1.165, 1.54) is 18.2 Å². The van der Waals surface area contributed by atoms with E-state index in [1.807, 2.05) is 42.5 Å². The van der Waals surface area contributed by atoms with E-state index >= 15 is 0 Å². The van der Waals surface area contributed by atoms with Crippen molar-refractivity contribution in [1.82, 2.24) is 5.32 Å². The fraction of sp³-hybridized carbons (Fsp3) is 0.0714. The van der Waals surface area contributed by atoms with Crippen molar-refractivity contribution in [2.75, 3.05) is 4.72 Å². The van der Waals surface area contributed by atoms with Gasteiger partial charge in [0.05, 0.1) is 33.5 Å². The van der Waals surface area contributed by atoms with E-state index in [9.17, 15) is 33.2 Å². The van der Waals surface area contributed by atoms with Crippen LogP contribution in [0.4, 0.5) is 11.4 Å². The molecule has 1 amide bonds. The molecule has 4 aromatic rings. The van der Waals surface area contributed by atoms with Gasteiger partial charge in [0, 0.05) is 16.6 Å². The molecule has 0 aromatic heterocycles. The minimum absolute atomic E-state index is 0.0591. The largest absolute Gasteiger partial charge is 0.481 e. The van der Waals surface area contributed by atoms with Gasteiger partial charge in [0.25, 0.3) is 21.6 Å². The number of nitrogens with zero attached hydrogens (tertiary/aromatic N) is 1. The number of carbonyl (C=O) groups is 2. The fourth-order valence-electron chi connectivity index (χ4n) is 3.95. The SMILES string of the molecule is O=C(O)CC(NC(=O)c1cc(Br)ccc1NS(=O)(=O)c1ccc([N+](=O)[O-])cc1)c1ccc(-c2ccccc2)cc1. The van der Waals surface area contributed by atoms with E-state index in [0.717, 1.165) is 35.4 Å². The Morgan fingerprint density at radius 3 is 2.12 bits per heavy atom. The van der Waals surface area contributed by atoms with Crippen molar-refractivity contribution in [3.8, 4) is 11.1 Å². The molecule has 0 saturated heterocycles. The molecule has 0 saturated carbocycles. The summed E-state index contributed by atoms with van der Waals surface area (Å²) in [6.07, 6.45) is -0.408. The third kappa shape index (κ3) is 6.90. The molecule has 0 bridgehead atoms. The maximum Gasteiger partial charge on any atom is 0.305 e. The second kappa shape index (κ2) is 12.1. The normalized spacial score (nSPS) is 11.8. The molecular weight excluding hydrogens is 602 g/mol. The molecule has 0 heterocycles. The number of sulfonamides is 1. The van der Waals surface area contributed by atoms with Crippen LogP contribution in [0.5, 0.6) is 0 Å². The van der Waals surface area contributed by atoms with Crippen molar-refractivity contribution < 1.29 is 28.0 Å². The molecule has 1 unspecified atom stereocenters. The predicted molar refractivity (Wildman–Crippen MR) is 152 cm³/mol. The van der Waals surface area contributed by atoms with Crippen LogP contribution in [0.1, 0.15) is 28.4 Å². The van der Waals surface area contributed by atoms with Crippen LogP contribution in [0.25, 0.3) is 11.1 Å². The molecule has 204 valence electrons. The number of nitro groups is 1. The van der Waals surface area contributed by atoms with E-state index in [1.54, 1.807) is 12.1 Å². The molecule has 0 aliphatic rings. The van der Waals surface area contributed by atoms with Gasteiger partial charge in [-0.3, -0.25) is 24.4 Å². The summed E-state index contributed by atoms with van der Waals surface area (Å²) in [5.41, 5.74) is 2.05. The molecule has 0 spiro atoms. The second-order valence-corrected chi connectivity index (χ2v) is 11.3. The number of carboxylic acid groups (broad SMARTS) is 1. The van der Waals surface area contributed by atoms with E-state index in [2.05, 4.69) is 26.0 Å². The van der Waals surface area contributed by atoms with Crippen LogP contribution in [-0.4, -0.2) is 30.3 Å². The van der Waals surface area contributed by atoms with E-state index in [0.29, 0.717) is 10.0 Å². The van der Waals surface area contributed by atoms with Gasteiger partial charge in [0.15, 0.2) is 0 Å². The molecule has 40 heavy (non-hydrogen) atoms. The number of carboxylic acids is 1. The van der Waals surface area contributed by atoms with Gasteiger partial charge in [-0.2, -0.15) is 0 Å². The summed E-state index contributed by atoms with van der Waals surface area (Å²) in [5.74, 6) is -1.84. The number of rotatable bonds is 10. The van der Waals surface area contributed by atoms with Crippen LogP contribution in [0.15, 0.2) is 106 Å². The Kier molecular flexibility index (Phi) is 8.61. The van der Waals surface area contributed by atoms with Crippen LogP contribution in [0.2, 0.25) is 0 Å². The summed E-state index contributed by atoms with van der Waals surface area (Å²) in [5, 5.41) is 23.1. The minimum Gasteiger partial charge on any atom is -0.481 e. The summed E-state index contributed by atoms with van der Waals surface area (Å²) in [6, 6.07) is 24.4. The van der Waals surface area contributed by atoms with Crippen molar-refractivity contribution in [2.24, 2.45) is 0 Å². The van der Waals surface area contributed by atoms with Crippen LogP contribution >= 0.6 is 15.9 Å². The van der Waals surface area contributed by atoms with Crippen LogP contribution in [-0.2, 0) is 14.8 Å². The highest BCUT2D eigenvalue weighted by Gasteiger charge is 2.24. The summed E-state index contributed by atoms with van der Waals surface area (Å²) in [4.78, 5) is 35.0. The summed E-state index contributed by atoms with van der Waals surface area (Å²) >= 11 is 3.28. The first-order valence-corrected chi connectivity index (χ1v) is 14.1. The predicted octanol–water partition coefficient (Wildman–Crippen LogP) is 5.77. The molecule has 1 atom stereocenters. The van der Waals surface area contributed by atoms with Crippen molar-refractivity contribution in [2.45, 2.75) is 17.4 Å². The average Bonchev–Trinajstić information content (AvgIpc) is 2.94. The molecule has 4 aromatic carbocycles. The Balaban J connectivity index is 1.60. The van der Waals surface area contributed by atoms with Gasteiger partial charge in [-0.25, -0.2) is 8.42 Å². The Morgan fingerprint density at radius 1 is 0.900 bits per heavy atom. The first-order valence-electron chi connectivity index (χ1n) is 11.8. The number of non-ortho nitro benzene ring substituents is 1. The van der Waals surface area contributed by atoms with Gasteiger partial charge >= 0.3 is 5.97 Å². The highest BCUT2D eigenvalue weighted by atomic mass is 79.9. The van der Waals surface area contributed by atoms with E-state index < -0.39 is 39.3 Å². The highest BCUT2D eigenvalue weighted by Crippen LogP contribution is 2.28. The molecule has 0 radical (unpaired) electrons. The second-order valence-electron chi connectivity index (χ2n) is 8.66. The number of nitrogens with one attached hydrogen (secondary N) is 2. The molecule has 0 fully saturated rings. The first kappa shape index (κ1) is 28.5. The van der Waals surface area contributed by atoms with Gasteiger partial charge in [0.2, 0.25) is 0 Å². The number of nitro benzene ring substituents is 1. The van der Waals surface area contributed by atoms with Crippen molar-refractivity contribution in [3.05, 3.63) is 123 Å². The number of carbonyl (C=O) groups excluding carboxylic acids is 1. The topological polar surface area (TPSA) is 156 Å². The van der Waals surface area contributed by atoms with Gasteiger partial charge in [0.1, 0.15) is 0 Å². The zero-order chi connectivity index (χ0) is 28.9. The number of amides is 1. The van der Waals surface area contributed by atoms with Crippen LogP contribution in [0.3, 0.4) is 0 Å². The maximum absolute atomic E-state index is 13.4. The minimum atomic E-state index is -4.22. The van der Waals surface area contributed by atoms with Crippen molar-refractivity contribution in [3.63, 3.8) is 0 Å². The highest BCUT2D eigenvalue weighted by molar-refractivity contribution is 9.10. The number of hydrogen-bond acceptors (Lipinski definition) is 6. The third-order valence-electron chi connectivity index (χ3n) is 5.93. The van der Waals surface area contributed by atoms with Crippen molar-refractivity contribution in [1.29, 1.82) is 0 Å². The molecule has 0 aliphatic heterocycles. The number of halogens is 1. The van der Waals surface area contributed by atoms with Gasteiger partial charge in [-0.05, 0) is 47.0 Å². The molecule has 0 aliphatic carbocycles. The number of benzene rings is 4. The summed E-state index contributed by atoms with van der Waals surface area (Å²) in [6.45, 7) is 0.